The van der Waals surface area contributed by atoms with E-state index in [1.54, 1.807) is 11.3 Å². The first kappa shape index (κ1) is 14.0. The van der Waals surface area contributed by atoms with Crippen molar-refractivity contribution in [2.45, 2.75) is 37.9 Å². The minimum atomic E-state index is 0.288. The smallest absolute Gasteiger partial charge is 0.224 e. The number of nitrogens with one attached hydrogen (secondary N) is 1. The summed E-state index contributed by atoms with van der Waals surface area (Å²) in [6, 6.07) is 11.4. The normalized spacial score (nSPS) is 21.5. The molecule has 22 heavy (non-hydrogen) atoms. The number of carbonyl (C=O) groups excluding carboxylic acids is 1. The van der Waals surface area contributed by atoms with Gasteiger partial charge in [0.25, 0.3) is 0 Å². The molecule has 2 aromatic rings. The van der Waals surface area contributed by atoms with Crippen LogP contribution in [0.15, 0.2) is 41.1 Å². The Morgan fingerprint density at radius 2 is 1.91 bits per heavy atom. The number of nitrogens with zero attached hydrogens (tertiary/aromatic N) is 1. The average Bonchev–Trinajstić information content (AvgIpc) is 3.24. The molecule has 2 heterocycles. The van der Waals surface area contributed by atoms with Crippen molar-refractivity contribution in [2.75, 3.05) is 6.54 Å². The Hall–Kier alpha value is -1.65. The number of carbonyl (C=O) groups is 1. The van der Waals surface area contributed by atoms with Gasteiger partial charge in [0.2, 0.25) is 5.91 Å². The minimum Gasteiger partial charge on any atom is -0.337 e. The second-order valence-corrected chi connectivity index (χ2v) is 7.07. The van der Waals surface area contributed by atoms with Crippen molar-refractivity contribution in [3.63, 3.8) is 0 Å². The first-order valence-electron chi connectivity index (χ1n) is 7.90. The third-order valence-electron chi connectivity index (χ3n) is 4.80. The number of rotatable bonds is 4. The molecule has 1 amide bonds. The summed E-state index contributed by atoms with van der Waals surface area (Å²) in [5, 5.41) is 7.79. The summed E-state index contributed by atoms with van der Waals surface area (Å²) in [6.45, 7) is 1.71. The first-order valence-corrected chi connectivity index (χ1v) is 8.84. The van der Waals surface area contributed by atoms with E-state index >= 15 is 0 Å². The molecule has 4 rings (SSSR count). The average molecular weight is 312 g/mol. The summed E-state index contributed by atoms with van der Waals surface area (Å²) in [5.74, 6) is 0.306. The Balaban J connectivity index is 1.37. The molecule has 1 aliphatic heterocycles. The lowest BCUT2D eigenvalue weighted by Gasteiger charge is -2.24. The fraction of sp³-hybridized carbons (Fsp3) is 0.389. The van der Waals surface area contributed by atoms with E-state index in [4.69, 9.17) is 0 Å². The van der Waals surface area contributed by atoms with Crippen molar-refractivity contribution in [2.24, 2.45) is 0 Å². The molecule has 1 atom stereocenters. The highest BCUT2D eigenvalue weighted by atomic mass is 32.1. The van der Waals surface area contributed by atoms with Crippen molar-refractivity contribution < 1.29 is 4.79 Å². The van der Waals surface area contributed by atoms with E-state index in [9.17, 15) is 4.79 Å². The Kier molecular flexibility index (Phi) is 3.72. The van der Waals surface area contributed by atoms with Gasteiger partial charge in [0.15, 0.2) is 0 Å². The zero-order chi connectivity index (χ0) is 14.9. The van der Waals surface area contributed by atoms with Gasteiger partial charge in [-0.25, -0.2) is 0 Å². The number of amides is 1. The monoisotopic (exact) mass is 312 g/mol. The molecule has 1 saturated heterocycles. The SMILES string of the molecule is O=C1C[C@@H](NCc2ccsc2)CN1C1Cc2ccccc2C1. The molecule has 4 heteroatoms. The third-order valence-corrected chi connectivity index (χ3v) is 5.54. The Labute approximate surface area is 135 Å². The van der Waals surface area contributed by atoms with Gasteiger partial charge in [0.05, 0.1) is 0 Å². The van der Waals surface area contributed by atoms with Gasteiger partial charge >= 0.3 is 0 Å². The largest absolute Gasteiger partial charge is 0.337 e. The molecular formula is C18H20N2OS. The maximum Gasteiger partial charge on any atom is 0.224 e. The number of hydrogen-bond acceptors (Lipinski definition) is 3. The molecule has 3 nitrogen and oxygen atoms in total. The molecule has 1 fully saturated rings. The van der Waals surface area contributed by atoms with Crippen LogP contribution < -0.4 is 5.32 Å². The van der Waals surface area contributed by atoms with Crippen molar-refractivity contribution in [3.05, 3.63) is 57.8 Å². The van der Waals surface area contributed by atoms with Crippen LogP contribution in [-0.4, -0.2) is 29.4 Å². The van der Waals surface area contributed by atoms with Gasteiger partial charge < -0.3 is 10.2 Å². The van der Waals surface area contributed by atoms with Crippen LogP contribution in [0.5, 0.6) is 0 Å². The predicted molar refractivity (Wildman–Crippen MR) is 88.9 cm³/mol. The molecule has 114 valence electrons. The van der Waals surface area contributed by atoms with Crippen molar-refractivity contribution in [1.82, 2.24) is 10.2 Å². The van der Waals surface area contributed by atoms with Gasteiger partial charge in [-0.05, 0) is 46.4 Å². The van der Waals surface area contributed by atoms with Gasteiger partial charge in [-0.3, -0.25) is 4.79 Å². The molecule has 0 unspecified atom stereocenters. The van der Waals surface area contributed by atoms with E-state index < -0.39 is 0 Å². The summed E-state index contributed by atoms with van der Waals surface area (Å²) < 4.78 is 0. The molecule has 0 saturated carbocycles. The molecule has 1 aliphatic carbocycles. The van der Waals surface area contributed by atoms with Gasteiger partial charge in [-0.15, -0.1) is 0 Å². The summed E-state index contributed by atoms with van der Waals surface area (Å²) in [4.78, 5) is 14.5. The third kappa shape index (κ3) is 2.69. The van der Waals surface area contributed by atoms with Gasteiger partial charge in [-0.1, -0.05) is 24.3 Å². The zero-order valence-electron chi connectivity index (χ0n) is 12.5. The quantitative estimate of drug-likeness (QED) is 0.941. The molecule has 1 aromatic heterocycles. The van der Waals surface area contributed by atoms with Crippen LogP contribution in [0, 0.1) is 0 Å². The van der Waals surface area contributed by atoms with Crippen LogP contribution in [0.1, 0.15) is 23.1 Å². The van der Waals surface area contributed by atoms with Crippen LogP contribution in [-0.2, 0) is 24.2 Å². The van der Waals surface area contributed by atoms with Crippen molar-refractivity contribution >= 4 is 17.2 Å². The summed E-state index contributed by atoms with van der Waals surface area (Å²) in [6.07, 6.45) is 2.66. The molecule has 1 aromatic carbocycles. The van der Waals surface area contributed by atoms with E-state index in [-0.39, 0.29) is 6.04 Å². The van der Waals surface area contributed by atoms with Crippen LogP contribution in [0.3, 0.4) is 0 Å². The number of fused-ring (bicyclic) bond motifs is 1. The lowest BCUT2D eigenvalue weighted by atomic mass is 10.1. The van der Waals surface area contributed by atoms with E-state index in [1.165, 1.54) is 16.7 Å². The van der Waals surface area contributed by atoms with E-state index in [0.717, 1.165) is 25.9 Å². The number of thiophene rings is 1. The highest BCUT2D eigenvalue weighted by Gasteiger charge is 2.36. The topological polar surface area (TPSA) is 32.3 Å². The summed E-state index contributed by atoms with van der Waals surface area (Å²) in [5.41, 5.74) is 4.13. The second-order valence-electron chi connectivity index (χ2n) is 6.29. The highest BCUT2D eigenvalue weighted by Crippen LogP contribution is 2.28. The van der Waals surface area contributed by atoms with Crippen LogP contribution >= 0.6 is 11.3 Å². The number of benzene rings is 1. The molecule has 1 N–H and O–H groups in total. The second kappa shape index (κ2) is 5.86. The predicted octanol–water partition coefficient (Wildman–Crippen LogP) is 2.61. The van der Waals surface area contributed by atoms with Crippen molar-refractivity contribution in [3.8, 4) is 0 Å². The van der Waals surface area contributed by atoms with Crippen LogP contribution in [0.4, 0.5) is 0 Å². The Morgan fingerprint density at radius 3 is 2.59 bits per heavy atom. The van der Waals surface area contributed by atoms with E-state index in [1.807, 2.05) is 0 Å². The Morgan fingerprint density at radius 1 is 1.14 bits per heavy atom. The standard InChI is InChI=1S/C18H20N2OS/c21-18-9-16(19-10-13-5-6-22-12-13)11-20(18)17-7-14-3-1-2-4-15(14)8-17/h1-6,12,16-17,19H,7-11H2/t16-/m1/s1. The summed E-state index contributed by atoms with van der Waals surface area (Å²) >= 11 is 1.72. The highest BCUT2D eigenvalue weighted by molar-refractivity contribution is 7.07. The molecular weight excluding hydrogens is 292 g/mol. The fourth-order valence-corrected chi connectivity index (χ4v) is 4.30. The van der Waals surface area contributed by atoms with Gasteiger partial charge in [-0.2, -0.15) is 11.3 Å². The number of likely N-dealkylation sites (tertiary alicyclic amines) is 1. The van der Waals surface area contributed by atoms with Crippen LogP contribution in [0.25, 0.3) is 0 Å². The fourth-order valence-electron chi connectivity index (χ4n) is 3.63. The van der Waals surface area contributed by atoms with Gasteiger partial charge in [0.1, 0.15) is 0 Å². The van der Waals surface area contributed by atoms with E-state index in [2.05, 4.69) is 51.3 Å². The first-order chi connectivity index (χ1) is 10.8. The lowest BCUT2D eigenvalue weighted by Crippen LogP contribution is -2.39. The van der Waals surface area contributed by atoms with Crippen molar-refractivity contribution in [1.29, 1.82) is 0 Å². The maximum absolute atomic E-state index is 12.4. The van der Waals surface area contributed by atoms with Crippen LogP contribution in [0.2, 0.25) is 0 Å². The lowest BCUT2D eigenvalue weighted by molar-refractivity contribution is -0.129. The summed E-state index contributed by atoms with van der Waals surface area (Å²) in [7, 11) is 0. The number of hydrogen-bond donors (Lipinski definition) is 1. The minimum absolute atomic E-state index is 0.288. The van der Waals surface area contributed by atoms with Gasteiger partial charge in [0, 0.05) is 31.6 Å². The maximum atomic E-state index is 12.4. The Bertz CT molecular complexity index is 642. The molecule has 2 aliphatic rings. The van der Waals surface area contributed by atoms with E-state index in [0.29, 0.717) is 18.4 Å². The zero-order valence-corrected chi connectivity index (χ0v) is 13.3. The molecule has 0 bridgehead atoms. The molecule has 0 radical (unpaired) electrons. The molecule has 0 spiro atoms.